The number of hydrogen-bond donors (Lipinski definition) is 3. The summed E-state index contributed by atoms with van der Waals surface area (Å²) in [6.07, 6.45) is 0. The number of thiophene rings is 1. The molecule has 0 atom stereocenters. The van der Waals surface area contributed by atoms with Crippen molar-refractivity contribution in [1.29, 1.82) is 0 Å². The van der Waals surface area contributed by atoms with Gasteiger partial charge in [-0.25, -0.2) is 9.18 Å². The summed E-state index contributed by atoms with van der Waals surface area (Å²) < 4.78 is 13.6. The third-order valence-electron chi connectivity index (χ3n) is 4.32. The summed E-state index contributed by atoms with van der Waals surface area (Å²) in [5.74, 6) is -1.88. The first kappa shape index (κ1) is 18.2. The number of H-pyrrole nitrogens is 1. The fraction of sp³-hybridized carbons (Fsp3) is 0. The van der Waals surface area contributed by atoms with Crippen LogP contribution in [0.5, 0.6) is 5.75 Å². The van der Waals surface area contributed by atoms with Crippen molar-refractivity contribution in [3.05, 3.63) is 74.6 Å². The van der Waals surface area contributed by atoms with Crippen molar-refractivity contribution in [2.24, 2.45) is 0 Å². The molecule has 4 aromatic rings. The van der Waals surface area contributed by atoms with E-state index in [-0.39, 0.29) is 22.4 Å². The van der Waals surface area contributed by atoms with Crippen LogP contribution in [0.25, 0.3) is 32.5 Å². The predicted molar refractivity (Wildman–Crippen MR) is 107 cm³/mol. The van der Waals surface area contributed by atoms with Crippen molar-refractivity contribution < 1.29 is 19.4 Å². The number of aromatic carboxylic acids is 1. The van der Waals surface area contributed by atoms with Crippen LogP contribution in [-0.4, -0.2) is 21.2 Å². The van der Waals surface area contributed by atoms with Gasteiger partial charge < -0.3 is 15.2 Å². The lowest BCUT2D eigenvalue weighted by Crippen LogP contribution is -2.09. The number of benzene rings is 2. The number of rotatable bonds is 3. The molecule has 5 nitrogen and oxygen atoms in total. The van der Waals surface area contributed by atoms with Crippen LogP contribution in [0.2, 0.25) is 4.34 Å². The van der Waals surface area contributed by atoms with Crippen LogP contribution in [0.4, 0.5) is 4.39 Å². The molecule has 0 unspecified atom stereocenters. The number of halogens is 2. The second-order valence-electron chi connectivity index (χ2n) is 6.03. The van der Waals surface area contributed by atoms with Gasteiger partial charge in [0.1, 0.15) is 20.7 Å². The number of aromatic hydroxyl groups is 1. The smallest absolute Gasteiger partial charge is 0.335 e. The first-order chi connectivity index (χ1) is 13.4. The Bertz CT molecular complexity index is 1290. The molecule has 0 fully saturated rings. The van der Waals surface area contributed by atoms with Gasteiger partial charge in [0.15, 0.2) is 0 Å². The molecule has 0 radical (unpaired) electrons. The molecule has 0 saturated heterocycles. The molecule has 4 rings (SSSR count). The molecule has 2 heterocycles. The van der Waals surface area contributed by atoms with Crippen molar-refractivity contribution in [3.8, 4) is 28.0 Å². The van der Waals surface area contributed by atoms with Gasteiger partial charge in [0, 0.05) is 5.56 Å². The van der Waals surface area contributed by atoms with E-state index < -0.39 is 17.3 Å². The zero-order chi connectivity index (χ0) is 20.0. The van der Waals surface area contributed by atoms with Crippen LogP contribution >= 0.6 is 22.9 Å². The van der Waals surface area contributed by atoms with Crippen molar-refractivity contribution in [2.45, 2.75) is 0 Å². The van der Waals surface area contributed by atoms with Gasteiger partial charge in [0.05, 0.1) is 16.5 Å². The Morgan fingerprint density at radius 2 is 1.79 bits per heavy atom. The second-order valence-corrected chi connectivity index (χ2v) is 7.65. The van der Waals surface area contributed by atoms with Crippen LogP contribution in [0.15, 0.2) is 53.3 Å². The molecule has 0 aliphatic rings. The van der Waals surface area contributed by atoms with Crippen LogP contribution in [0.1, 0.15) is 10.4 Å². The van der Waals surface area contributed by atoms with Crippen molar-refractivity contribution in [3.63, 3.8) is 0 Å². The second kappa shape index (κ2) is 6.78. The number of hydrogen-bond acceptors (Lipinski definition) is 4. The average molecular weight is 416 g/mol. The van der Waals surface area contributed by atoms with Crippen LogP contribution in [-0.2, 0) is 0 Å². The first-order valence-corrected chi connectivity index (χ1v) is 9.23. The lowest BCUT2D eigenvalue weighted by Gasteiger charge is -2.08. The molecule has 0 bridgehead atoms. The molecular formula is C20H11ClFNO4S. The van der Waals surface area contributed by atoms with Crippen molar-refractivity contribution in [2.75, 3.05) is 0 Å². The lowest BCUT2D eigenvalue weighted by atomic mass is 9.99. The standard InChI is InChI=1S/C20H11ClFNO4S/c21-17-13(9-4-6-12(22)7-5-9)15-16(24)14(18(25)23-19(15)28-17)10-2-1-3-11(8-10)20(26)27/h1-8H,(H,26,27)(H2,23,24,25). The molecule has 0 aliphatic carbocycles. The molecule has 0 aliphatic heterocycles. The van der Waals surface area contributed by atoms with Gasteiger partial charge in [-0.2, -0.15) is 0 Å². The summed E-state index contributed by atoms with van der Waals surface area (Å²) in [7, 11) is 0. The Balaban J connectivity index is 2.03. The number of aromatic nitrogens is 1. The van der Waals surface area contributed by atoms with Gasteiger partial charge in [0.25, 0.3) is 5.56 Å². The van der Waals surface area contributed by atoms with E-state index in [9.17, 15) is 24.2 Å². The summed E-state index contributed by atoms with van der Waals surface area (Å²) in [6.45, 7) is 0. The Morgan fingerprint density at radius 1 is 1.07 bits per heavy atom. The lowest BCUT2D eigenvalue weighted by molar-refractivity contribution is 0.0697. The van der Waals surface area contributed by atoms with E-state index >= 15 is 0 Å². The summed E-state index contributed by atoms with van der Waals surface area (Å²) in [5, 5.41) is 20.4. The Labute approximate surface area is 166 Å². The van der Waals surface area contributed by atoms with Crippen LogP contribution in [0, 0.1) is 5.82 Å². The van der Waals surface area contributed by atoms with Crippen molar-refractivity contribution in [1.82, 2.24) is 4.98 Å². The highest BCUT2D eigenvalue weighted by Crippen LogP contribution is 2.46. The number of carboxylic acids is 1. The van der Waals surface area contributed by atoms with Crippen LogP contribution < -0.4 is 5.56 Å². The fourth-order valence-corrected chi connectivity index (χ4v) is 4.45. The highest BCUT2D eigenvalue weighted by Gasteiger charge is 2.22. The largest absolute Gasteiger partial charge is 0.506 e. The van der Waals surface area contributed by atoms with E-state index in [4.69, 9.17) is 11.6 Å². The minimum Gasteiger partial charge on any atom is -0.506 e. The minimum absolute atomic E-state index is 0.0153. The number of nitrogens with one attached hydrogen (secondary N) is 1. The molecule has 2 aromatic carbocycles. The summed E-state index contributed by atoms with van der Waals surface area (Å²) in [5.41, 5.74) is 0.646. The van der Waals surface area contributed by atoms with Gasteiger partial charge >= 0.3 is 5.97 Å². The first-order valence-electron chi connectivity index (χ1n) is 8.03. The average Bonchev–Trinajstić information content (AvgIpc) is 2.98. The number of carboxylic acid groups (broad SMARTS) is 1. The molecule has 0 spiro atoms. The molecule has 0 saturated carbocycles. The van der Waals surface area contributed by atoms with E-state index in [0.717, 1.165) is 11.3 Å². The maximum absolute atomic E-state index is 13.3. The highest BCUT2D eigenvalue weighted by atomic mass is 35.5. The topological polar surface area (TPSA) is 90.4 Å². The predicted octanol–water partition coefficient (Wildman–Crippen LogP) is 5.12. The van der Waals surface area contributed by atoms with E-state index in [1.54, 1.807) is 0 Å². The third kappa shape index (κ3) is 2.94. The highest BCUT2D eigenvalue weighted by molar-refractivity contribution is 7.23. The number of pyridine rings is 1. The Morgan fingerprint density at radius 3 is 2.46 bits per heavy atom. The Hall–Kier alpha value is -3.16. The van der Waals surface area contributed by atoms with Crippen LogP contribution in [0.3, 0.4) is 0 Å². The molecule has 140 valence electrons. The normalized spacial score (nSPS) is 11.1. The van der Waals surface area contributed by atoms with Gasteiger partial charge in [0.2, 0.25) is 0 Å². The van der Waals surface area contributed by atoms with E-state index in [1.807, 2.05) is 0 Å². The maximum Gasteiger partial charge on any atom is 0.335 e. The van der Waals surface area contributed by atoms with Gasteiger partial charge in [-0.05, 0) is 35.4 Å². The minimum atomic E-state index is -1.15. The number of aromatic amines is 1. The quantitative estimate of drug-likeness (QED) is 0.433. The maximum atomic E-state index is 13.3. The van der Waals surface area contributed by atoms with E-state index in [2.05, 4.69) is 4.98 Å². The summed E-state index contributed by atoms with van der Waals surface area (Å²) in [4.78, 5) is 26.9. The van der Waals surface area contributed by atoms with Gasteiger partial charge in [-0.15, -0.1) is 11.3 Å². The van der Waals surface area contributed by atoms with Crippen molar-refractivity contribution >= 4 is 39.1 Å². The molecule has 2 aromatic heterocycles. The van der Waals surface area contributed by atoms with Gasteiger partial charge in [-0.3, -0.25) is 4.79 Å². The molecule has 0 amide bonds. The van der Waals surface area contributed by atoms with Gasteiger partial charge in [-0.1, -0.05) is 35.9 Å². The Kier molecular flexibility index (Phi) is 4.41. The molecule has 3 N–H and O–H groups in total. The summed E-state index contributed by atoms with van der Waals surface area (Å²) >= 11 is 7.43. The number of carbonyl (C=O) groups is 1. The fourth-order valence-electron chi connectivity index (χ4n) is 3.07. The molecular weight excluding hydrogens is 405 g/mol. The van der Waals surface area contributed by atoms with E-state index in [0.29, 0.717) is 25.7 Å². The monoisotopic (exact) mass is 415 g/mol. The third-order valence-corrected chi connectivity index (χ3v) is 5.64. The zero-order valence-corrected chi connectivity index (χ0v) is 15.6. The number of fused-ring (bicyclic) bond motifs is 1. The SMILES string of the molecule is O=C(O)c1cccc(-c2c(O)c3c(-c4ccc(F)cc4)c(Cl)sc3[nH]c2=O)c1. The molecule has 28 heavy (non-hydrogen) atoms. The van der Waals surface area contributed by atoms with E-state index in [1.165, 1.54) is 48.5 Å². The summed E-state index contributed by atoms with van der Waals surface area (Å²) in [6, 6.07) is 11.3. The zero-order valence-electron chi connectivity index (χ0n) is 14.0. The molecule has 8 heteroatoms.